The van der Waals surface area contributed by atoms with Gasteiger partial charge in [0.05, 0.1) is 6.26 Å². The Balaban J connectivity index is 1.33. The molecule has 2 fully saturated rings. The van der Waals surface area contributed by atoms with Gasteiger partial charge in [-0.1, -0.05) is 18.2 Å². The number of imide groups is 1. The summed E-state index contributed by atoms with van der Waals surface area (Å²) < 4.78 is 45.2. The topological polar surface area (TPSA) is 154 Å². The van der Waals surface area contributed by atoms with E-state index in [1.54, 1.807) is 35.2 Å². The third-order valence-corrected chi connectivity index (χ3v) is 9.00. The first-order chi connectivity index (χ1) is 20.4. The number of hydrogen-bond donors (Lipinski definition) is 3. The summed E-state index contributed by atoms with van der Waals surface area (Å²) in [5.74, 6) is -1.52. The highest BCUT2D eigenvalue weighted by atomic mass is 32.2. The molecule has 230 valence electrons. The highest BCUT2D eigenvalue weighted by Crippen LogP contribution is 2.46. The average Bonchev–Trinajstić information content (AvgIpc) is 3.44. The van der Waals surface area contributed by atoms with Crippen molar-refractivity contribution in [1.82, 2.24) is 19.8 Å². The van der Waals surface area contributed by atoms with E-state index in [2.05, 4.69) is 15.4 Å². The van der Waals surface area contributed by atoms with Gasteiger partial charge in [0.2, 0.25) is 21.5 Å². The van der Waals surface area contributed by atoms with Crippen LogP contribution in [0.4, 0.5) is 19.7 Å². The fourth-order valence-electron chi connectivity index (χ4n) is 6.17. The molecule has 1 heterocycles. The normalized spacial score (nSPS) is 23.2. The number of sulfonamides is 1. The molecule has 1 saturated carbocycles. The Morgan fingerprint density at radius 1 is 1.09 bits per heavy atom. The number of amides is 5. The van der Waals surface area contributed by atoms with Gasteiger partial charge in [-0.15, -0.1) is 0 Å². The number of aryl methyl sites for hydroxylation is 1. The zero-order valence-electron chi connectivity index (χ0n) is 23.9. The Morgan fingerprint density at radius 2 is 1.79 bits per heavy atom. The minimum atomic E-state index is -3.38. The average molecular weight is 616 g/mol. The minimum absolute atomic E-state index is 0.125. The highest BCUT2D eigenvalue weighted by Gasteiger charge is 2.58. The van der Waals surface area contributed by atoms with Crippen LogP contribution in [0.2, 0.25) is 0 Å². The molecule has 0 bridgehead atoms. The predicted molar refractivity (Wildman–Crippen MR) is 154 cm³/mol. The maximum atomic E-state index is 13.8. The number of benzene rings is 2. The maximum Gasteiger partial charge on any atom is 0.418 e. The first-order valence-electron chi connectivity index (χ1n) is 14.1. The van der Waals surface area contributed by atoms with Crippen LogP contribution in [-0.4, -0.2) is 74.1 Å². The molecule has 5 amide bonds. The molecule has 0 aromatic heterocycles. The van der Waals surface area contributed by atoms with Crippen LogP contribution in [-0.2, 0) is 42.9 Å². The minimum Gasteiger partial charge on any atom is -0.427 e. The number of ether oxygens (including phenoxy) is 1. The Kier molecular flexibility index (Phi) is 8.43. The summed E-state index contributed by atoms with van der Waals surface area (Å²) in [6, 6.07) is 9.79. The number of urea groups is 1. The lowest BCUT2D eigenvalue weighted by molar-refractivity contribution is -0.143. The molecule has 2 aliphatic carbocycles. The largest absolute Gasteiger partial charge is 0.427 e. The first kappa shape index (κ1) is 30.4. The van der Waals surface area contributed by atoms with E-state index >= 15 is 0 Å². The highest BCUT2D eigenvalue weighted by molar-refractivity contribution is 7.88. The quantitative estimate of drug-likeness (QED) is 0.413. The van der Waals surface area contributed by atoms with Gasteiger partial charge in [0.25, 0.3) is 5.91 Å². The number of carbonyl (C=O) groups excluding carboxylic acids is 4. The van der Waals surface area contributed by atoms with Crippen LogP contribution < -0.4 is 15.4 Å². The summed E-state index contributed by atoms with van der Waals surface area (Å²) in [5, 5.41) is 5.15. The van der Waals surface area contributed by atoms with Crippen LogP contribution in [0, 0.1) is 5.82 Å². The van der Waals surface area contributed by atoms with E-state index in [4.69, 9.17) is 4.74 Å². The second-order valence-electron chi connectivity index (χ2n) is 11.2. The van der Waals surface area contributed by atoms with Crippen LogP contribution in [0.15, 0.2) is 42.5 Å². The molecule has 0 unspecified atom stereocenters. The van der Waals surface area contributed by atoms with E-state index in [0.29, 0.717) is 48.9 Å². The van der Waals surface area contributed by atoms with Crippen molar-refractivity contribution >= 4 is 39.6 Å². The van der Waals surface area contributed by atoms with Gasteiger partial charge in [0.15, 0.2) is 0 Å². The molecule has 5 rings (SSSR count). The van der Waals surface area contributed by atoms with Crippen molar-refractivity contribution < 1.29 is 36.7 Å². The lowest BCUT2D eigenvalue weighted by atomic mass is 9.90. The molecule has 43 heavy (non-hydrogen) atoms. The Bertz CT molecular complexity index is 1540. The summed E-state index contributed by atoms with van der Waals surface area (Å²) in [5.41, 5.74) is 0.916. The van der Waals surface area contributed by atoms with Crippen molar-refractivity contribution in [1.29, 1.82) is 0 Å². The van der Waals surface area contributed by atoms with Gasteiger partial charge < -0.3 is 20.3 Å². The number of nitrogens with zero attached hydrogens (tertiary/aromatic N) is 2. The number of anilines is 1. The van der Waals surface area contributed by atoms with Crippen LogP contribution in [0.5, 0.6) is 0 Å². The van der Waals surface area contributed by atoms with Gasteiger partial charge in [-0.2, -0.15) is 0 Å². The van der Waals surface area contributed by atoms with Crippen molar-refractivity contribution in [3.63, 3.8) is 0 Å². The van der Waals surface area contributed by atoms with Gasteiger partial charge in [-0.05, 0) is 67.5 Å². The monoisotopic (exact) mass is 615 g/mol. The molecule has 1 spiro atoms. The zero-order valence-corrected chi connectivity index (χ0v) is 24.7. The molecule has 3 N–H and O–H groups in total. The number of fused-ring (bicyclic) bond motifs is 2. The van der Waals surface area contributed by atoms with Crippen LogP contribution in [0.1, 0.15) is 48.8 Å². The van der Waals surface area contributed by atoms with Crippen molar-refractivity contribution in [2.24, 2.45) is 0 Å². The Hall–Kier alpha value is -4.04. The smallest absolute Gasteiger partial charge is 0.418 e. The molecule has 2 aromatic rings. The lowest BCUT2D eigenvalue weighted by Gasteiger charge is -2.37. The van der Waals surface area contributed by atoms with E-state index < -0.39 is 51.9 Å². The van der Waals surface area contributed by atoms with E-state index in [0.717, 1.165) is 16.7 Å². The molecule has 3 aliphatic rings. The summed E-state index contributed by atoms with van der Waals surface area (Å²) in [7, 11) is -1.89. The SMILES string of the molecule is CNC(=O)Nc1ccc2c(c1)CC[C@@]21OC(=O)N(CC(=O)N(Cc2ccc(F)cc2)C2CCC(NS(C)(=O)=O)CC2)C1=O. The van der Waals surface area contributed by atoms with Crippen molar-refractivity contribution in [3.05, 3.63) is 65.0 Å². The third kappa shape index (κ3) is 6.49. The maximum absolute atomic E-state index is 13.8. The second kappa shape index (κ2) is 11.9. The Morgan fingerprint density at radius 3 is 2.44 bits per heavy atom. The fourth-order valence-corrected chi connectivity index (χ4v) is 7.01. The summed E-state index contributed by atoms with van der Waals surface area (Å²) >= 11 is 0. The van der Waals surface area contributed by atoms with Crippen LogP contribution in [0.25, 0.3) is 0 Å². The fraction of sp³-hybridized carbons (Fsp3) is 0.448. The molecule has 0 radical (unpaired) electrons. The molecule has 14 heteroatoms. The summed E-state index contributed by atoms with van der Waals surface area (Å²) in [6.07, 6.45) is 2.84. The summed E-state index contributed by atoms with van der Waals surface area (Å²) in [6.45, 7) is -0.409. The van der Waals surface area contributed by atoms with E-state index in [1.807, 2.05) is 0 Å². The van der Waals surface area contributed by atoms with E-state index in [9.17, 15) is 32.0 Å². The van der Waals surface area contributed by atoms with Crippen LogP contribution in [0.3, 0.4) is 0 Å². The molecule has 1 saturated heterocycles. The number of rotatable bonds is 8. The number of nitrogens with one attached hydrogen (secondary N) is 3. The van der Waals surface area contributed by atoms with Gasteiger partial charge in [-0.25, -0.2) is 32.0 Å². The Labute approximate surface area is 249 Å². The molecular weight excluding hydrogens is 581 g/mol. The van der Waals surface area contributed by atoms with Gasteiger partial charge in [0, 0.05) is 43.3 Å². The van der Waals surface area contributed by atoms with Gasteiger partial charge in [-0.3, -0.25) is 9.59 Å². The van der Waals surface area contributed by atoms with Gasteiger partial charge >= 0.3 is 12.1 Å². The summed E-state index contributed by atoms with van der Waals surface area (Å²) in [4.78, 5) is 54.7. The molecular formula is C29H34FN5O7S. The predicted octanol–water partition coefficient (Wildman–Crippen LogP) is 2.59. The van der Waals surface area contributed by atoms with Gasteiger partial charge in [0.1, 0.15) is 12.4 Å². The third-order valence-electron chi connectivity index (χ3n) is 8.24. The van der Waals surface area contributed by atoms with E-state index in [-0.39, 0.29) is 25.0 Å². The van der Waals surface area contributed by atoms with E-state index in [1.165, 1.54) is 19.2 Å². The molecule has 1 aliphatic heterocycles. The number of halogens is 1. The second-order valence-corrected chi connectivity index (χ2v) is 13.0. The first-order valence-corrected chi connectivity index (χ1v) is 16.0. The molecule has 2 aromatic carbocycles. The van der Waals surface area contributed by atoms with Crippen molar-refractivity contribution in [2.45, 2.75) is 62.8 Å². The molecule has 12 nitrogen and oxygen atoms in total. The standard InChI is InChI=1S/C29H34FN5O7S/c1-31-27(38)32-22-9-12-24-19(15-22)13-14-29(24)26(37)35(28(39)42-29)17-25(36)34(16-18-3-5-20(30)6-4-18)23-10-7-21(8-11-23)33-43(2,40)41/h3-6,9,12,15,21,23,33H,7-8,10-11,13-14,16-17H2,1-2H3,(H2,31,32,38)/t21?,23?,29-/m1/s1. The van der Waals surface area contributed by atoms with Crippen molar-refractivity contribution in [3.8, 4) is 0 Å². The zero-order chi connectivity index (χ0) is 30.9. The lowest BCUT2D eigenvalue weighted by Crippen LogP contribution is -2.50. The van der Waals surface area contributed by atoms with Crippen molar-refractivity contribution in [2.75, 3.05) is 25.2 Å². The number of hydrogen-bond acceptors (Lipinski definition) is 7. The molecule has 1 atom stereocenters. The number of carbonyl (C=O) groups is 4. The van der Waals surface area contributed by atoms with Crippen LogP contribution >= 0.6 is 0 Å².